The molecule has 1 atom stereocenters. The van der Waals surface area contributed by atoms with Crippen molar-refractivity contribution < 1.29 is 9.47 Å². The SMILES string of the molecule is CN=C(NCc1ccnc2ccccc12)NCC(C)Oc1ccc(OC)cc1.I. The van der Waals surface area contributed by atoms with Gasteiger partial charge in [-0.2, -0.15) is 0 Å². The summed E-state index contributed by atoms with van der Waals surface area (Å²) in [5, 5.41) is 7.80. The zero-order valence-electron chi connectivity index (χ0n) is 16.9. The van der Waals surface area contributed by atoms with Crippen molar-refractivity contribution in [2.24, 2.45) is 4.99 Å². The maximum Gasteiger partial charge on any atom is 0.191 e. The fourth-order valence-corrected chi connectivity index (χ4v) is 2.88. The van der Waals surface area contributed by atoms with Crippen LogP contribution in [0, 0.1) is 0 Å². The number of aromatic nitrogens is 1. The summed E-state index contributed by atoms with van der Waals surface area (Å²) in [4.78, 5) is 8.69. The number of guanidine groups is 1. The summed E-state index contributed by atoms with van der Waals surface area (Å²) in [5.74, 6) is 2.35. The number of halogens is 1. The molecule has 3 aromatic rings. The predicted molar refractivity (Wildman–Crippen MR) is 128 cm³/mol. The van der Waals surface area contributed by atoms with E-state index in [-0.39, 0.29) is 30.1 Å². The molecule has 0 aliphatic heterocycles. The van der Waals surface area contributed by atoms with Gasteiger partial charge in [-0.25, -0.2) is 0 Å². The van der Waals surface area contributed by atoms with Crippen LogP contribution in [0.5, 0.6) is 11.5 Å². The van der Waals surface area contributed by atoms with E-state index >= 15 is 0 Å². The molecule has 0 radical (unpaired) electrons. The molecule has 0 saturated carbocycles. The Kier molecular flexibility index (Phi) is 8.98. The maximum absolute atomic E-state index is 5.92. The molecule has 1 heterocycles. The summed E-state index contributed by atoms with van der Waals surface area (Å²) < 4.78 is 11.1. The highest BCUT2D eigenvalue weighted by molar-refractivity contribution is 14.0. The fraction of sp³-hybridized carbons (Fsp3) is 0.273. The number of benzene rings is 2. The van der Waals surface area contributed by atoms with Crippen LogP contribution in [0.4, 0.5) is 0 Å². The van der Waals surface area contributed by atoms with Crippen molar-refractivity contribution in [1.29, 1.82) is 0 Å². The van der Waals surface area contributed by atoms with Crippen LogP contribution in [-0.4, -0.2) is 37.7 Å². The van der Waals surface area contributed by atoms with Crippen LogP contribution >= 0.6 is 24.0 Å². The van der Waals surface area contributed by atoms with Gasteiger partial charge in [-0.05, 0) is 48.9 Å². The zero-order chi connectivity index (χ0) is 19.8. The third-order valence-electron chi connectivity index (χ3n) is 4.36. The van der Waals surface area contributed by atoms with Crippen LogP contribution in [-0.2, 0) is 6.54 Å². The van der Waals surface area contributed by atoms with E-state index in [9.17, 15) is 0 Å². The van der Waals surface area contributed by atoms with E-state index in [0.717, 1.165) is 28.4 Å². The van der Waals surface area contributed by atoms with Crippen LogP contribution in [0.3, 0.4) is 0 Å². The molecule has 1 unspecified atom stereocenters. The quantitative estimate of drug-likeness (QED) is 0.288. The smallest absolute Gasteiger partial charge is 0.191 e. The fourth-order valence-electron chi connectivity index (χ4n) is 2.88. The predicted octanol–water partition coefficient (Wildman–Crippen LogP) is 3.99. The molecule has 0 fully saturated rings. The molecule has 0 amide bonds. The van der Waals surface area contributed by atoms with Crippen molar-refractivity contribution in [3.05, 3.63) is 66.4 Å². The lowest BCUT2D eigenvalue weighted by Gasteiger charge is -2.18. The summed E-state index contributed by atoms with van der Waals surface area (Å²) in [5.41, 5.74) is 2.17. The monoisotopic (exact) mass is 506 g/mol. The molecule has 0 aliphatic rings. The number of rotatable bonds is 7. The molecular formula is C22H27IN4O2. The number of hydrogen-bond acceptors (Lipinski definition) is 4. The highest BCUT2D eigenvalue weighted by atomic mass is 127. The normalized spacial score (nSPS) is 12.0. The molecule has 29 heavy (non-hydrogen) atoms. The molecule has 154 valence electrons. The number of methoxy groups -OCH3 is 1. The van der Waals surface area contributed by atoms with E-state index < -0.39 is 0 Å². The van der Waals surface area contributed by atoms with Gasteiger partial charge < -0.3 is 20.1 Å². The number of hydrogen-bond donors (Lipinski definition) is 2. The number of aliphatic imine (C=N–C) groups is 1. The Morgan fingerprint density at radius 1 is 1.03 bits per heavy atom. The van der Waals surface area contributed by atoms with Gasteiger partial charge in [0.1, 0.15) is 17.6 Å². The number of nitrogens with zero attached hydrogens (tertiary/aromatic N) is 2. The average molecular weight is 506 g/mol. The third kappa shape index (κ3) is 6.49. The summed E-state index contributed by atoms with van der Waals surface area (Å²) in [6, 6.07) is 17.7. The molecular weight excluding hydrogens is 479 g/mol. The lowest BCUT2D eigenvalue weighted by atomic mass is 10.1. The summed E-state index contributed by atoms with van der Waals surface area (Å²) in [7, 11) is 3.41. The zero-order valence-corrected chi connectivity index (χ0v) is 19.2. The van der Waals surface area contributed by atoms with Gasteiger partial charge in [-0.1, -0.05) is 18.2 Å². The first-order valence-electron chi connectivity index (χ1n) is 9.27. The van der Waals surface area contributed by atoms with Crippen LogP contribution in [0.1, 0.15) is 12.5 Å². The summed E-state index contributed by atoms with van der Waals surface area (Å²) in [6.45, 7) is 3.31. The Morgan fingerprint density at radius 3 is 2.48 bits per heavy atom. The summed E-state index contributed by atoms with van der Waals surface area (Å²) in [6.07, 6.45) is 1.81. The van der Waals surface area contributed by atoms with Crippen LogP contribution in [0.15, 0.2) is 65.8 Å². The minimum Gasteiger partial charge on any atom is -0.497 e. The van der Waals surface area contributed by atoms with Gasteiger partial charge in [0.25, 0.3) is 0 Å². The van der Waals surface area contributed by atoms with E-state index in [1.54, 1.807) is 14.2 Å². The standard InChI is InChI=1S/C22H26N4O2.HI/c1-16(28-19-10-8-18(27-3)9-11-19)14-25-22(23-2)26-15-17-12-13-24-21-7-5-4-6-20(17)21;/h4-13,16H,14-15H2,1-3H3,(H2,23,25,26);1H. The Balaban J connectivity index is 0.00000300. The van der Waals surface area contributed by atoms with Crippen molar-refractivity contribution in [3.63, 3.8) is 0 Å². The number of pyridine rings is 1. The number of ether oxygens (including phenoxy) is 2. The van der Waals surface area contributed by atoms with E-state index in [0.29, 0.717) is 13.1 Å². The van der Waals surface area contributed by atoms with Crippen molar-refractivity contribution in [2.45, 2.75) is 19.6 Å². The van der Waals surface area contributed by atoms with Crippen molar-refractivity contribution in [2.75, 3.05) is 20.7 Å². The first-order chi connectivity index (χ1) is 13.7. The molecule has 6 nitrogen and oxygen atoms in total. The molecule has 0 spiro atoms. The highest BCUT2D eigenvalue weighted by Crippen LogP contribution is 2.18. The second-order valence-corrected chi connectivity index (χ2v) is 6.40. The van der Waals surface area contributed by atoms with Crippen molar-refractivity contribution >= 4 is 40.8 Å². The van der Waals surface area contributed by atoms with Crippen LogP contribution in [0.25, 0.3) is 10.9 Å². The van der Waals surface area contributed by atoms with Gasteiger partial charge in [0, 0.05) is 25.2 Å². The van der Waals surface area contributed by atoms with Gasteiger partial charge in [0.05, 0.1) is 19.2 Å². The van der Waals surface area contributed by atoms with E-state index in [1.807, 2.05) is 61.7 Å². The second kappa shape index (κ2) is 11.5. The van der Waals surface area contributed by atoms with Gasteiger partial charge in [-0.15, -0.1) is 24.0 Å². The van der Waals surface area contributed by atoms with Crippen LogP contribution < -0.4 is 20.1 Å². The second-order valence-electron chi connectivity index (χ2n) is 6.40. The number of fused-ring (bicyclic) bond motifs is 1. The maximum atomic E-state index is 5.92. The van der Waals surface area contributed by atoms with Gasteiger partial charge in [0.2, 0.25) is 0 Å². The highest BCUT2D eigenvalue weighted by Gasteiger charge is 2.07. The third-order valence-corrected chi connectivity index (χ3v) is 4.36. The Labute approximate surface area is 188 Å². The average Bonchev–Trinajstić information content (AvgIpc) is 2.74. The molecule has 2 N–H and O–H groups in total. The van der Waals surface area contributed by atoms with E-state index in [2.05, 4.69) is 26.7 Å². The topological polar surface area (TPSA) is 67.8 Å². The lowest BCUT2D eigenvalue weighted by Crippen LogP contribution is -2.41. The number of nitrogens with one attached hydrogen (secondary N) is 2. The first-order valence-corrected chi connectivity index (χ1v) is 9.27. The van der Waals surface area contributed by atoms with Gasteiger partial charge in [0.15, 0.2) is 5.96 Å². The van der Waals surface area contributed by atoms with Crippen molar-refractivity contribution in [3.8, 4) is 11.5 Å². The van der Waals surface area contributed by atoms with Gasteiger partial charge in [-0.3, -0.25) is 9.98 Å². The number of para-hydroxylation sites is 1. The van der Waals surface area contributed by atoms with E-state index in [4.69, 9.17) is 9.47 Å². The molecule has 3 rings (SSSR count). The largest absolute Gasteiger partial charge is 0.497 e. The Bertz CT molecular complexity index is 926. The minimum absolute atomic E-state index is 0. The van der Waals surface area contributed by atoms with Crippen molar-refractivity contribution in [1.82, 2.24) is 15.6 Å². The molecule has 0 aliphatic carbocycles. The molecule has 2 aromatic carbocycles. The van der Waals surface area contributed by atoms with Crippen LogP contribution in [0.2, 0.25) is 0 Å². The molecule has 7 heteroatoms. The first kappa shape index (κ1) is 22.7. The van der Waals surface area contributed by atoms with E-state index in [1.165, 1.54) is 5.56 Å². The Morgan fingerprint density at radius 2 is 1.76 bits per heavy atom. The minimum atomic E-state index is -0.0197. The molecule has 1 aromatic heterocycles. The Hall–Kier alpha value is -2.55. The van der Waals surface area contributed by atoms with Gasteiger partial charge >= 0.3 is 0 Å². The summed E-state index contributed by atoms with van der Waals surface area (Å²) >= 11 is 0. The molecule has 0 saturated heterocycles. The molecule has 0 bridgehead atoms. The lowest BCUT2D eigenvalue weighted by molar-refractivity contribution is 0.223.